The van der Waals surface area contributed by atoms with Gasteiger partial charge in [-0.05, 0) is 56.0 Å². The van der Waals surface area contributed by atoms with Crippen molar-refractivity contribution in [2.45, 2.75) is 33.2 Å². The van der Waals surface area contributed by atoms with E-state index in [1.54, 1.807) is 37.0 Å². The van der Waals surface area contributed by atoms with Crippen LogP contribution in [0.5, 0.6) is 5.88 Å². The van der Waals surface area contributed by atoms with Gasteiger partial charge in [0, 0.05) is 23.8 Å². The fourth-order valence-corrected chi connectivity index (χ4v) is 4.31. The number of fused-ring (bicyclic) bond motifs is 1. The van der Waals surface area contributed by atoms with Crippen molar-refractivity contribution in [2.75, 3.05) is 12.3 Å². The van der Waals surface area contributed by atoms with Crippen LogP contribution in [0.4, 0.5) is 5.95 Å². The molecule has 0 spiro atoms. The zero-order valence-corrected chi connectivity index (χ0v) is 20.9. The van der Waals surface area contributed by atoms with Crippen LogP contribution in [-0.4, -0.2) is 42.0 Å². The summed E-state index contributed by atoms with van der Waals surface area (Å²) in [6.07, 6.45) is 3.52. The molecule has 3 aromatic heterocycles. The second-order valence-electron chi connectivity index (χ2n) is 8.49. The number of aryl methyl sites for hydroxylation is 3. The highest BCUT2D eigenvalue weighted by Crippen LogP contribution is 2.30. The van der Waals surface area contributed by atoms with Crippen molar-refractivity contribution in [3.8, 4) is 17.1 Å². The number of carbonyl (C=O) groups is 1. The van der Waals surface area contributed by atoms with Crippen LogP contribution < -0.4 is 10.5 Å². The number of carboxylic acid groups (broad SMARTS) is 1. The Balaban J connectivity index is 1.39. The Hall–Kier alpha value is -3.40. The van der Waals surface area contributed by atoms with E-state index in [1.165, 1.54) is 0 Å². The summed E-state index contributed by atoms with van der Waals surface area (Å²) in [6.45, 7) is 5.17. The molecule has 10 heteroatoms. The van der Waals surface area contributed by atoms with Gasteiger partial charge < -0.3 is 20.1 Å². The Bertz CT molecular complexity index is 1350. The molecular formula is C24H27BrN6O3. The third kappa shape index (κ3) is 5.06. The van der Waals surface area contributed by atoms with Crippen LogP contribution in [0.25, 0.3) is 22.3 Å². The Morgan fingerprint density at radius 1 is 1.26 bits per heavy atom. The van der Waals surface area contributed by atoms with Gasteiger partial charge in [0.25, 0.3) is 0 Å². The first kappa shape index (κ1) is 23.7. The van der Waals surface area contributed by atoms with Crippen molar-refractivity contribution in [3.63, 3.8) is 0 Å². The molecule has 0 unspecified atom stereocenters. The Morgan fingerprint density at radius 2 is 2.06 bits per heavy atom. The number of rotatable bonds is 9. The van der Waals surface area contributed by atoms with Crippen molar-refractivity contribution in [2.24, 2.45) is 13.0 Å². The third-order valence-electron chi connectivity index (χ3n) is 5.68. The average Bonchev–Trinajstić information content (AvgIpc) is 3.30. The Morgan fingerprint density at radius 3 is 2.82 bits per heavy atom. The van der Waals surface area contributed by atoms with Gasteiger partial charge in [0.15, 0.2) is 0 Å². The number of benzene rings is 1. The molecule has 0 fully saturated rings. The second kappa shape index (κ2) is 9.84. The first-order valence-corrected chi connectivity index (χ1v) is 11.8. The number of carboxylic acids is 1. The van der Waals surface area contributed by atoms with Crippen LogP contribution in [0, 0.1) is 12.8 Å². The molecular weight excluding hydrogens is 500 g/mol. The van der Waals surface area contributed by atoms with E-state index in [0.29, 0.717) is 35.4 Å². The maximum Gasteiger partial charge on any atom is 0.335 e. The Kier molecular flexibility index (Phi) is 6.87. The predicted octanol–water partition coefficient (Wildman–Crippen LogP) is 4.68. The lowest BCUT2D eigenvalue weighted by Crippen LogP contribution is -2.12. The summed E-state index contributed by atoms with van der Waals surface area (Å²) in [5, 5.41) is 13.7. The fraction of sp³-hybridized carbons (Fsp3) is 0.333. The van der Waals surface area contributed by atoms with Gasteiger partial charge >= 0.3 is 5.97 Å². The number of anilines is 1. The fourth-order valence-electron chi connectivity index (χ4n) is 3.96. The molecule has 0 bridgehead atoms. The van der Waals surface area contributed by atoms with Gasteiger partial charge in [-0.25, -0.2) is 14.5 Å². The van der Waals surface area contributed by atoms with E-state index in [4.69, 9.17) is 10.5 Å². The number of pyridine rings is 1. The number of ether oxygens (including phenoxy) is 1. The maximum absolute atomic E-state index is 11.4. The van der Waals surface area contributed by atoms with Crippen LogP contribution in [-0.2, 0) is 13.6 Å². The number of hydrogen-bond donors (Lipinski definition) is 2. The van der Waals surface area contributed by atoms with Crippen molar-refractivity contribution in [3.05, 3.63) is 52.3 Å². The van der Waals surface area contributed by atoms with Crippen LogP contribution in [0.3, 0.4) is 0 Å². The van der Waals surface area contributed by atoms with Gasteiger partial charge in [-0.1, -0.05) is 22.9 Å². The summed E-state index contributed by atoms with van der Waals surface area (Å²) in [4.78, 5) is 20.4. The highest BCUT2D eigenvalue weighted by atomic mass is 79.9. The summed E-state index contributed by atoms with van der Waals surface area (Å²) < 4.78 is 10.8. The van der Waals surface area contributed by atoms with E-state index in [0.717, 1.165) is 34.9 Å². The molecule has 3 N–H and O–H groups in total. The van der Waals surface area contributed by atoms with Crippen molar-refractivity contribution in [1.29, 1.82) is 0 Å². The first-order valence-electron chi connectivity index (χ1n) is 11.0. The molecule has 34 heavy (non-hydrogen) atoms. The standard InChI is InChI=1S/C24H27BrN6O3/c1-14(5-4-8-31-21-7-6-17(25)11-20(21)29-24(31)26)13-34-22-18(12-27-30(22)3)19-10-16(23(32)33)9-15(2)28-19/h6-7,9-12,14H,4-5,8,13H2,1-3H3,(H2,26,29)(H,32,33)/t14-/m0/s1. The molecule has 178 valence electrons. The van der Waals surface area contributed by atoms with Crippen molar-refractivity contribution in [1.82, 2.24) is 24.3 Å². The van der Waals surface area contributed by atoms with Crippen LogP contribution in [0.2, 0.25) is 0 Å². The smallest absolute Gasteiger partial charge is 0.335 e. The minimum atomic E-state index is -0.995. The molecule has 0 aliphatic carbocycles. The molecule has 1 aromatic carbocycles. The minimum absolute atomic E-state index is 0.185. The average molecular weight is 527 g/mol. The van der Waals surface area contributed by atoms with Crippen molar-refractivity contribution < 1.29 is 14.6 Å². The molecule has 1 atom stereocenters. The lowest BCUT2D eigenvalue weighted by Gasteiger charge is -2.15. The zero-order chi connectivity index (χ0) is 24.4. The summed E-state index contributed by atoms with van der Waals surface area (Å²) in [7, 11) is 1.79. The zero-order valence-electron chi connectivity index (χ0n) is 19.3. The van der Waals surface area contributed by atoms with E-state index in [1.807, 2.05) is 22.8 Å². The molecule has 4 aromatic rings. The number of aromatic nitrogens is 5. The summed E-state index contributed by atoms with van der Waals surface area (Å²) in [5.74, 6) is 0.373. The molecule has 0 aliphatic heterocycles. The van der Waals surface area contributed by atoms with Gasteiger partial charge in [-0.15, -0.1) is 0 Å². The largest absolute Gasteiger partial charge is 0.478 e. The number of hydrogen-bond acceptors (Lipinski definition) is 6. The maximum atomic E-state index is 11.4. The second-order valence-corrected chi connectivity index (χ2v) is 9.40. The highest BCUT2D eigenvalue weighted by Gasteiger charge is 2.17. The molecule has 3 heterocycles. The van der Waals surface area contributed by atoms with Gasteiger partial charge in [0.05, 0.1) is 40.7 Å². The van der Waals surface area contributed by atoms with Gasteiger partial charge in [0.2, 0.25) is 11.8 Å². The number of nitrogens with two attached hydrogens (primary N) is 1. The van der Waals surface area contributed by atoms with Crippen LogP contribution >= 0.6 is 15.9 Å². The first-order chi connectivity index (χ1) is 16.2. The minimum Gasteiger partial charge on any atom is -0.478 e. The monoisotopic (exact) mass is 526 g/mol. The lowest BCUT2D eigenvalue weighted by molar-refractivity contribution is 0.0696. The number of imidazole rings is 1. The number of aromatic carboxylic acids is 1. The molecule has 0 amide bonds. The third-order valence-corrected chi connectivity index (χ3v) is 6.18. The number of nitrogen functional groups attached to an aromatic ring is 1. The van der Waals surface area contributed by atoms with Gasteiger partial charge in [-0.2, -0.15) is 5.10 Å². The van der Waals surface area contributed by atoms with E-state index >= 15 is 0 Å². The molecule has 0 saturated heterocycles. The quantitative estimate of drug-likeness (QED) is 0.324. The van der Waals surface area contributed by atoms with Crippen LogP contribution in [0.1, 0.15) is 35.8 Å². The summed E-state index contributed by atoms with van der Waals surface area (Å²) >= 11 is 3.47. The molecule has 0 radical (unpaired) electrons. The van der Waals surface area contributed by atoms with E-state index in [-0.39, 0.29) is 11.5 Å². The summed E-state index contributed by atoms with van der Waals surface area (Å²) in [6, 6.07) is 9.06. The predicted molar refractivity (Wildman–Crippen MR) is 134 cm³/mol. The lowest BCUT2D eigenvalue weighted by atomic mass is 10.1. The highest BCUT2D eigenvalue weighted by molar-refractivity contribution is 9.10. The number of nitrogens with zero attached hydrogens (tertiary/aromatic N) is 5. The SMILES string of the molecule is Cc1cc(C(=O)O)cc(-c2cnn(C)c2OC[C@@H](C)CCCn2c(N)nc3cc(Br)ccc32)n1. The molecule has 9 nitrogen and oxygen atoms in total. The van der Waals surface area contributed by atoms with E-state index in [9.17, 15) is 9.90 Å². The van der Waals surface area contributed by atoms with Gasteiger partial charge in [-0.3, -0.25) is 4.98 Å². The molecule has 0 saturated carbocycles. The number of halogens is 1. The normalized spacial score (nSPS) is 12.2. The summed E-state index contributed by atoms with van der Waals surface area (Å²) in [5.41, 5.74) is 10.0. The van der Waals surface area contributed by atoms with E-state index in [2.05, 4.69) is 37.9 Å². The molecule has 4 rings (SSSR count). The van der Waals surface area contributed by atoms with Crippen LogP contribution in [0.15, 0.2) is 41.0 Å². The van der Waals surface area contributed by atoms with E-state index < -0.39 is 5.97 Å². The van der Waals surface area contributed by atoms with Gasteiger partial charge in [0.1, 0.15) is 0 Å². The van der Waals surface area contributed by atoms with Crippen molar-refractivity contribution >= 4 is 38.9 Å². The Labute approximate surface area is 205 Å². The molecule has 0 aliphatic rings. The topological polar surface area (TPSA) is 121 Å².